The molecule has 1 aliphatic rings. The van der Waals surface area contributed by atoms with E-state index in [-0.39, 0.29) is 18.1 Å². The number of rotatable bonds is 8. The van der Waals surface area contributed by atoms with Gasteiger partial charge in [0.15, 0.2) is 11.5 Å². The van der Waals surface area contributed by atoms with Crippen LogP contribution in [0.25, 0.3) is 0 Å². The van der Waals surface area contributed by atoms with Crippen molar-refractivity contribution in [2.24, 2.45) is 0 Å². The van der Waals surface area contributed by atoms with Gasteiger partial charge in [-0.2, -0.15) is 0 Å². The highest BCUT2D eigenvalue weighted by Gasteiger charge is 2.25. The average molecular weight is 383 g/mol. The number of hydrogen-bond donors (Lipinski definition) is 0. The lowest BCUT2D eigenvalue weighted by molar-refractivity contribution is -0.135. The zero-order valence-corrected chi connectivity index (χ0v) is 17.0. The van der Waals surface area contributed by atoms with Gasteiger partial charge in [0.1, 0.15) is 12.7 Å². The number of para-hydroxylation sites is 2. The molecule has 28 heavy (non-hydrogen) atoms. The zero-order chi connectivity index (χ0) is 19.9. The Bertz CT molecular complexity index is 763. The molecular weight excluding hydrogens is 352 g/mol. The van der Waals surface area contributed by atoms with Gasteiger partial charge in [-0.1, -0.05) is 49.4 Å². The van der Waals surface area contributed by atoms with Crippen LogP contribution in [0.5, 0.6) is 11.5 Å². The normalized spacial score (nSPS) is 15.7. The van der Waals surface area contributed by atoms with Gasteiger partial charge in [-0.25, -0.2) is 0 Å². The highest BCUT2D eigenvalue weighted by molar-refractivity contribution is 5.78. The molecule has 3 rings (SSSR count). The molecule has 0 saturated heterocycles. The van der Waals surface area contributed by atoms with Crippen LogP contribution >= 0.6 is 0 Å². The number of carbonyl (C=O) groups excluding carboxylic acids is 1. The number of amides is 1. The number of benzene rings is 2. The Morgan fingerprint density at radius 2 is 1.75 bits per heavy atom. The van der Waals surface area contributed by atoms with Crippen molar-refractivity contribution in [2.45, 2.75) is 39.5 Å². The van der Waals surface area contributed by atoms with Gasteiger partial charge in [-0.15, -0.1) is 0 Å². The molecule has 0 aliphatic carbocycles. The quantitative estimate of drug-likeness (QED) is 0.700. The Labute approximate surface area is 167 Å². The van der Waals surface area contributed by atoms with Crippen molar-refractivity contribution in [1.82, 2.24) is 9.80 Å². The third kappa shape index (κ3) is 5.26. The van der Waals surface area contributed by atoms with Crippen LogP contribution in [0.2, 0.25) is 0 Å². The Kier molecular flexibility index (Phi) is 6.93. The first-order chi connectivity index (χ1) is 13.6. The molecular formula is C23H30N2O3. The van der Waals surface area contributed by atoms with Crippen molar-refractivity contribution in [2.75, 3.05) is 26.2 Å². The summed E-state index contributed by atoms with van der Waals surface area (Å²) in [6, 6.07) is 18.0. The Hall–Kier alpha value is -2.53. The molecule has 2 aromatic carbocycles. The van der Waals surface area contributed by atoms with Crippen molar-refractivity contribution in [1.29, 1.82) is 0 Å². The Balaban J connectivity index is 1.59. The number of carbonyl (C=O) groups is 1. The number of hydrogen-bond acceptors (Lipinski definition) is 4. The third-order valence-corrected chi connectivity index (χ3v) is 4.97. The molecule has 150 valence electrons. The molecule has 5 nitrogen and oxygen atoms in total. The van der Waals surface area contributed by atoms with E-state index < -0.39 is 0 Å². The van der Waals surface area contributed by atoms with Crippen LogP contribution in [0.3, 0.4) is 0 Å². The molecule has 1 heterocycles. The van der Waals surface area contributed by atoms with Crippen LogP contribution in [-0.2, 0) is 11.3 Å². The van der Waals surface area contributed by atoms with Gasteiger partial charge in [0.05, 0.1) is 6.54 Å². The molecule has 0 spiro atoms. The number of ether oxygens (including phenoxy) is 2. The maximum absolute atomic E-state index is 13.0. The molecule has 5 heteroatoms. The largest absolute Gasteiger partial charge is 0.486 e. The van der Waals surface area contributed by atoms with E-state index in [1.807, 2.05) is 47.4 Å². The fraction of sp³-hybridized carbons (Fsp3) is 0.435. The molecule has 1 atom stereocenters. The zero-order valence-electron chi connectivity index (χ0n) is 17.0. The van der Waals surface area contributed by atoms with Crippen LogP contribution in [0.1, 0.15) is 26.3 Å². The summed E-state index contributed by atoms with van der Waals surface area (Å²) in [6.45, 7) is 9.15. The minimum atomic E-state index is -0.0794. The van der Waals surface area contributed by atoms with Gasteiger partial charge in [0, 0.05) is 19.1 Å². The Morgan fingerprint density at radius 3 is 2.43 bits per heavy atom. The third-order valence-electron chi connectivity index (χ3n) is 4.97. The summed E-state index contributed by atoms with van der Waals surface area (Å²) >= 11 is 0. The number of nitrogens with zero attached hydrogens (tertiary/aromatic N) is 2. The number of fused-ring (bicyclic) bond motifs is 1. The summed E-state index contributed by atoms with van der Waals surface area (Å²) < 4.78 is 11.9. The van der Waals surface area contributed by atoms with Gasteiger partial charge < -0.3 is 14.4 Å². The first-order valence-corrected chi connectivity index (χ1v) is 10.0. The van der Waals surface area contributed by atoms with Gasteiger partial charge in [-0.05, 0) is 38.1 Å². The van der Waals surface area contributed by atoms with Crippen molar-refractivity contribution in [3.05, 3.63) is 60.2 Å². The predicted octanol–water partition coefficient (Wildman–Crippen LogP) is 3.59. The van der Waals surface area contributed by atoms with E-state index in [0.29, 0.717) is 26.2 Å². The monoisotopic (exact) mass is 382 g/mol. The van der Waals surface area contributed by atoms with Crippen molar-refractivity contribution in [3.63, 3.8) is 0 Å². The summed E-state index contributed by atoms with van der Waals surface area (Å²) in [5.74, 6) is 1.69. The van der Waals surface area contributed by atoms with E-state index in [4.69, 9.17) is 9.47 Å². The minimum Gasteiger partial charge on any atom is -0.486 e. The lowest BCUT2D eigenvalue weighted by Crippen LogP contribution is -2.47. The Morgan fingerprint density at radius 1 is 1.07 bits per heavy atom. The molecule has 1 aliphatic heterocycles. The molecule has 0 N–H and O–H groups in total. The topological polar surface area (TPSA) is 42.0 Å². The molecule has 0 bridgehead atoms. The van der Waals surface area contributed by atoms with Gasteiger partial charge in [0.2, 0.25) is 5.91 Å². The molecule has 2 aromatic rings. The van der Waals surface area contributed by atoms with Crippen molar-refractivity contribution >= 4 is 5.91 Å². The van der Waals surface area contributed by atoms with Gasteiger partial charge >= 0.3 is 0 Å². The van der Waals surface area contributed by atoms with E-state index in [2.05, 4.69) is 37.8 Å². The molecule has 1 unspecified atom stereocenters. The standard InChI is InChI=1S/C23H30N2O3/c1-4-24(15-20-17-27-21-12-8-9-13-22(21)28-20)16-23(26)25(18(2)3)14-19-10-6-5-7-11-19/h5-13,18,20H,4,14-17H2,1-3H3. The predicted molar refractivity (Wildman–Crippen MR) is 111 cm³/mol. The first kappa shape index (κ1) is 20.2. The van der Waals surface area contributed by atoms with Gasteiger partial charge in [0.25, 0.3) is 0 Å². The van der Waals surface area contributed by atoms with Crippen molar-refractivity contribution < 1.29 is 14.3 Å². The summed E-state index contributed by atoms with van der Waals surface area (Å²) in [7, 11) is 0. The maximum atomic E-state index is 13.0. The average Bonchev–Trinajstić information content (AvgIpc) is 2.71. The van der Waals surface area contributed by atoms with Crippen LogP contribution < -0.4 is 9.47 Å². The SMILES string of the molecule is CCN(CC(=O)N(Cc1ccccc1)C(C)C)CC1COc2ccccc2O1. The smallest absolute Gasteiger partial charge is 0.237 e. The highest BCUT2D eigenvalue weighted by atomic mass is 16.6. The summed E-state index contributed by atoms with van der Waals surface area (Å²) in [4.78, 5) is 17.1. The highest BCUT2D eigenvalue weighted by Crippen LogP contribution is 2.31. The van der Waals surface area contributed by atoms with E-state index in [1.54, 1.807) is 0 Å². The van der Waals surface area contributed by atoms with E-state index in [0.717, 1.165) is 23.6 Å². The molecule has 0 fully saturated rings. The molecule has 0 radical (unpaired) electrons. The lowest BCUT2D eigenvalue weighted by atomic mass is 10.2. The molecule has 0 aromatic heterocycles. The van der Waals surface area contributed by atoms with E-state index in [1.165, 1.54) is 0 Å². The van der Waals surface area contributed by atoms with Crippen LogP contribution in [0.4, 0.5) is 0 Å². The maximum Gasteiger partial charge on any atom is 0.237 e. The summed E-state index contributed by atoms with van der Waals surface area (Å²) in [5.41, 5.74) is 1.15. The van der Waals surface area contributed by atoms with Crippen LogP contribution in [0.15, 0.2) is 54.6 Å². The fourth-order valence-electron chi connectivity index (χ4n) is 3.37. The van der Waals surface area contributed by atoms with E-state index >= 15 is 0 Å². The lowest BCUT2D eigenvalue weighted by Gasteiger charge is -2.33. The van der Waals surface area contributed by atoms with E-state index in [9.17, 15) is 4.79 Å². The fourth-order valence-corrected chi connectivity index (χ4v) is 3.37. The summed E-state index contributed by atoms with van der Waals surface area (Å²) in [5, 5.41) is 0. The molecule has 1 amide bonds. The van der Waals surface area contributed by atoms with Crippen LogP contribution in [0, 0.1) is 0 Å². The summed E-state index contributed by atoms with van der Waals surface area (Å²) in [6.07, 6.45) is -0.0794. The first-order valence-electron chi connectivity index (χ1n) is 10.0. The second kappa shape index (κ2) is 9.60. The van der Waals surface area contributed by atoms with Crippen LogP contribution in [-0.4, -0.2) is 54.1 Å². The number of likely N-dealkylation sites (N-methyl/N-ethyl adjacent to an activating group) is 1. The van der Waals surface area contributed by atoms with Crippen molar-refractivity contribution in [3.8, 4) is 11.5 Å². The minimum absolute atomic E-state index is 0.0794. The second-order valence-corrected chi connectivity index (χ2v) is 7.43. The molecule has 0 saturated carbocycles. The van der Waals surface area contributed by atoms with Gasteiger partial charge in [-0.3, -0.25) is 9.69 Å². The second-order valence-electron chi connectivity index (χ2n) is 7.43.